The lowest BCUT2D eigenvalue weighted by Crippen LogP contribution is -2.55. The molecule has 0 N–H and O–H groups in total. The first-order valence-electron chi connectivity index (χ1n) is 2.85. The van der Waals surface area contributed by atoms with Crippen molar-refractivity contribution in [2.24, 2.45) is 0 Å². The molecule has 59 valence electrons. The lowest BCUT2D eigenvalue weighted by Gasteiger charge is -2.28. The van der Waals surface area contributed by atoms with E-state index in [0.717, 1.165) is 9.80 Å². The summed E-state index contributed by atoms with van der Waals surface area (Å²) in [7, 11) is 2.94. The molecule has 0 atom stereocenters. The third-order valence-corrected chi connectivity index (χ3v) is 1.89. The van der Waals surface area contributed by atoms with Gasteiger partial charge in [-0.3, -0.25) is 9.80 Å². The summed E-state index contributed by atoms with van der Waals surface area (Å²) in [6.45, 7) is 0. The first-order chi connectivity index (χ1) is 5.04. The van der Waals surface area contributed by atoms with Gasteiger partial charge in [0.2, 0.25) is 0 Å². The van der Waals surface area contributed by atoms with E-state index in [-0.39, 0.29) is 5.11 Å². The molecule has 0 spiro atoms. The van der Waals surface area contributed by atoms with Crippen LogP contribution in [0.2, 0.25) is 0 Å². The summed E-state index contributed by atoms with van der Waals surface area (Å²) >= 11 is 4.76. The molecule has 0 aromatic carbocycles. The van der Waals surface area contributed by atoms with Gasteiger partial charge in [-0.25, -0.2) is 9.59 Å². The fraction of sp³-hybridized carbons (Fsp3) is 0.400. The second kappa shape index (κ2) is 2.46. The van der Waals surface area contributed by atoms with Crippen LogP contribution in [0.25, 0.3) is 0 Å². The molecule has 1 aliphatic heterocycles. The first kappa shape index (κ1) is 7.93. The molecule has 1 fully saturated rings. The molecule has 0 aromatic rings. The first-order valence-corrected chi connectivity index (χ1v) is 3.26. The lowest BCUT2D eigenvalue weighted by atomic mass is 10.6. The Bertz CT molecular complexity index is 218. The standard InChI is InChI=1S/C5H6N3O2S/c1-7-3(9)6-4(10)8(2)5(7)11/h1-2H3. The molecular formula is C5H6N3O2S. The maximum Gasteiger partial charge on any atom is 0.354 e. The van der Waals surface area contributed by atoms with Gasteiger partial charge in [-0.05, 0) is 12.2 Å². The van der Waals surface area contributed by atoms with Crippen LogP contribution in [-0.4, -0.2) is 41.1 Å². The average Bonchev–Trinajstić information content (AvgIpc) is 1.97. The van der Waals surface area contributed by atoms with Crippen LogP contribution in [-0.2, 0) is 0 Å². The van der Waals surface area contributed by atoms with Crippen LogP contribution in [0.1, 0.15) is 0 Å². The zero-order valence-corrected chi connectivity index (χ0v) is 6.88. The van der Waals surface area contributed by atoms with Crippen molar-refractivity contribution < 1.29 is 9.59 Å². The average molecular weight is 172 g/mol. The second-order valence-electron chi connectivity index (χ2n) is 2.08. The number of hydrogen-bond acceptors (Lipinski definition) is 3. The largest absolute Gasteiger partial charge is 0.354 e. The summed E-state index contributed by atoms with van der Waals surface area (Å²) in [6, 6.07) is -1.23. The van der Waals surface area contributed by atoms with Gasteiger partial charge in [-0.15, -0.1) is 5.32 Å². The molecule has 0 bridgehead atoms. The summed E-state index contributed by atoms with van der Waals surface area (Å²) in [5, 5.41) is 3.36. The molecule has 0 aromatic heterocycles. The summed E-state index contributed by atoms with van der Waals surface area (Å²) in [4.78, 5) is 23.8. The number of nitrogens with zero attached hydrogens (tertiary/aromatic N) is 3. The molecule has 5 nitrogen and oxygen atoms in total. The summed E-state index contributed by atoms with van der Waals surface area (Å²) in [6.07, 6.45) is 0. The number of carbonyl (C=O) groups excluding carboxylic acids is 2. The predicted molar refractivity (Wildman–Crippen MR) is 41.1 cm³/mol. The molecular weight excluding hydrogens is 166 g/mol. The molecule has 4 amide bonds. The van der Waals surface area contributed by atoms with Gasteiger partial charge in [0.05, 0.1) is 0 Å². The van der Waals surface area contributed by atoms with Gasteiger partial charge in [0.1, 0.15) is 0 Å². The molecule has 1 radical (unpaired) electrons. The fourth-order valence-electron chi connectivity index (χ4n) is 0.620. The van der Waals surface area contributed by atoms with Crippen molar-refractivity contribution in [1.29, 1.82) is 0 Å². The highest BCUT2D eigenvalue weighted by molar-refractivity contribution is 7.80. The summed E-state index contributed by atoms with van der Waals surface area (Å²) in [5.41, 5.74) is 0. The fourth-order valence-corrected chi connectivity index (χ4v) is 0.777. The van der Waals surface area contributed by atoms with Gasteiger partial charge in [0.15, 0.2) is 5.11 Å². The molecule has 0 unspecified atom stereocenters. The van der Waals surface area contributed by atoms with Crippen molar-refractivity contribution in [2.75, 3.05) is 14.1 Å². The van der Waals surface area contributed by atoms with Gasteiger partial charge >= 0.3 is 12.1 Å². The SMILES string of the molecule is CN1C(=O)[N]C(=O)N(C)C1=S. The Balaban J connectivity index is 2.87. The Labute approximate surface area is 68.9 Å². The van der Waals surface area contributed by atoms with Crippen molar-refractivity contribution in [2.45, 2.75) is 0 Å². The van der Waals surface area contributed by atoms with Crippen molar-refractivity contribution >= 4 is 29.4 Å². The minimum Gasteiger partial charge on any atom is -0.272 e. The molecule has 0 saturated carbocycles. The Kier molecular flexibility index (Phi) is 1.77. The maximum absolute atomic E-state index is 10.8. The lowest BCUT2D eigenvalue weighted by molar-refractivity contribution is 0.196. The molecule has 1 heterocycles. The van der Waals surface area contributed by atoms with E-state index in [4.69, 9.17) is 12.2 Å². The van der Waals surface area contributed by atoms with E-state index in [0.29, 0.717) is 0 Å². The Hall–Kier alpha value is -1.17. The van der Waals surface area contributed by atoms with E-state index in [9.17, 15) is 9.59 Å². The van der Waals surface area contributed by atoms with E-state index in [1.807, 2.05) is 0 Å². The summed E-state index contributed by atoms with van der Waals surface area (Å²) in [5.74, 6) is 0. The maximum atomic E-state index is 10.8. The van der Waals surface area contributed by atoms with Crippen molar-refractivity contribution in [3.63, 3.8) is 0 Å². The van der Waals surface area contributed by atoms with E-state index in [2.05, 4.69) is 5.32 Å². The second-order valence-corrected chi connectivity index (χ2v) is 2.44. The van der Waals surface area contributed by atoms with Crippen molar-refractivity contribution in [3.8, 4) is 0 Å². The van der Waals surface area contributed by atoms with Crippen LogP contribution in [0.4, 0.5) is 9.59 Å². The third kappa shape index (κ3) is 1.16. The highest BCUT2D eigenvalue weighted by atomic mass is 32.1. The van der Waals surface area contributed by atoms with Gasteiger partial charge < -0.3 is 0 Å². The molecule has 1 saturated heterocycles. The molecule has 0 aliphatic carbocycles. The van der Waals surface area contributed by atoms with Crippen LogP contribution < -0.4 is 5.32 Å². The van der Waals surface area contributed by atoms with E-state index >= 15 is 0 Å². The van der Waals surface area contributed by atoms with E-state index in [1.54, 1.807) is 0 Å². The highest BCUT2D eigenvalue weighted by Crippen LogP contribution is 2.03. The number of imide groups is 1. The minimum absolute atomic E-state index is 0.176. The highest BCUT2D eigenvalue weighted by Gasteiger charge is 2.30. The zero-order valence-electron chi connectivity index (χ0n) is 6.07. The van der Waals surface area contributed by atoms with Crippen LogP contribution in [0, 0.1) is 0 Å². The third-order valence-electron chi connectivity index (χ3n) is 1.34. The molecule has 11 heavy (non-hydrogen) atoms. The smallest absolute Gasteiger partial charge is 0.272 e. The number of rotatable bonds is 0. The van der Waals surface area contributed by atoms with Gasteiger partial charge in [0, 0.05) is 14.1 Å². The van der Waals surface area contributed by atoms with Crippen LogP contribution in [0.3, 0.4) is 0 Å². The number of amides is 4. The molecule has 1 rings (SSSR count). The number of carbonyl (C=O) groups is 2. The Morgan fingerprint density at radius 2 is 1.55 bits per heavy atom. The molecule has 1 aliphatic rings. The quantitative estimate of drug-likeness (QED) is 0.483. The van der Waals surface area contributed by atoms with Crippen LogP contribution >= 0.6 is 12.2 Å². The van der Waals surface area contributed by atoms with Crippen LogP contribution in [0.15, 0.2) is 0 Å². The summed E-state index contributed by atoms with van der Waals surface area (Å²) < 4.78 is 0. The minimum atomic E-state index is -0.613. The van der Waals surface area contributed by atoms with E-state index < -0.39 is 12.1 Å². The number of hydrogen-bond donors (Lipinski definition) is 0. The zero-order chi connectivity index (χ0) is 8.59. The normalized spacial score (nSPS) is 18.9. The topological polar surface area (TPSA) is 54.7 Å². The Morgan fingerprint density at radius 3 is 1.91 bits per heavy atom. The van der Waals surface area contributed by atoms with Gasteiger partial charge in [-0.2, -0.15) is 0 Å². The van der Waals surface area contributed by atoms with Gasteiger partial charge in [0.25, 0.3) is 0 Å². The molecule has 6 heteroatoms. The van der Waals surface area contributed by atoms with Crippen LogP contribution in [0.5, 0.6) is 0 Å². The predicted octanol–water partition coefficient (Wildman–Crippen LogP) is -0.00710. The number of thiocarbonyl (C=S) groups is 1. The van der Waals surface area contributed by atoms with E-state index in [1.165, 1.54) is 14.1 Å². The Morgan fingerprint density at radius 1 is 1.18 bits per heavy atom. The monoisotopic (exact) mass is 172 g/mol. The van der Waals surface area contributed by atoms with Crippen molar-refractivity contribution in [3.05, 3.63) is 0 Å². The van der Waals surface area contributed by atoms with Gasteiger partial charge in [-0.1, -0.05) is 0 Å². The number of urea groups is 2. The van der Waals surface area contributed by atoms with Crippen molar-refractivity contribution in [1.82, 2.24) is 15.1 Å².